The quantitative estimate of drug-likeness (QED) is 0.844. The van der Waals surface area contributed by atoms with Crippen LogP contribution in [0.1, 0.15) is 44.2 Å². The number of urea groups is 1. The molecule has 0 spiro atoms. The fourth-order valence-corrected chi connectivity index (χ4v) is 3.19. The number of rotatable bonds is 3. The van der Waals surface area contributed by atoms with E-state index in [1.54, 1.807) is 0 Å². The number of amides is 2. The van der Waals surface area contributed by atoms with Crippen molar-refractivity contribution in [3.8, 4) is 5.75 Å². The number of nitrogens with one attached hydrogen (secondary N) is 1. The van der Waals surface area contributed by atoms with E-state index in [9.17, 15) is 4.79 Å². The van der Waals surface area contributed by atoms with E-state index in [-0.39, 0.29) is 24.8 Å². The molecule has 2 unspecified atom stereocenters. The van der Waals surface area contributed by atoms with Crippen LogP contribution in [-0.4, -0.2) is 29.7 Å². The Morgan fingerprint density at radius 3 is 2.36 bits per heavy atom. The van der Waals surface area contributed by atoms with Crippen LogP contribution in [0.2, 0.25) is 5.02 Å². The number of halogens is 1. The van der Waals surface area contributed by atoms with Gasteiger partial charge in [-0.2, -0.15) is 0 Å². The Morgan fingerprint density at radius 2 is 1.82 bits per heavy atom. The van der Waals surface area contributed by atoms with Crippen molar-refractivity contribution in [3.63, 3.8) is 0 Å². The van der Waals surface area contributed by atoms with Crippen molar-refractivity contribution in [1.82, 2.24) is 10.2 Å². The normalized spacial score (nSPS) is 21.6. The molecule has 5 heteroatoms. The minimum absolute atomic E-state index is 0.0536. The van der Waals surface area contributed by atoms with Crippen LogP contribution in [0.15, 0.2) is 12.1 Å². The molecule has 1 aromatic carbocycles. The van der Waals surface area contributed by atoms with Crippen molar-refractivity contribution in [2.45, 2.75) is 59.0 Å². The van der Waals surface area contributed by atoms with Crippen LogP contribution in [-0.2, 0) is 0 Å². The molecule has 0 bridgehead atoms. The number of hydrogen-bond acceptors (Lipinski definition) is 2. The average molecular weight is 325 g/mol. The molecular formula is C17H25ClN2O2. The first-order valence-electron chi connectivity index (χ1n) is 7.86. The van der Waals surface area contributed by atoms with Crippen molar-refractivity contribution in [1.29, 1.82) is 0 Å². The molecule has 22 heavy (non-hydrogen) atoms. The second-order valence-electron chi connectivity index (χ2n) is 6.18. The molecule has 1 N–H and O–H groups in total. The summed E-state index contributed by atoms with van der Waals surface area (Å²) >= 11 is 6.14. The van der Waals surface area contributed by atoms with Gasteiger partial charge in [0.05, 0.1) is 0 Å². The molecule has 1 aliphatic heterocycles. The highest BCUT2D eigenvalue weighted by molar-refractivity contribution is 6.32. The van der Waals surface area contributed by atoms with E-state index in [1.165, 1.54) is 6.42 Å². The van der Waals surface area contributed by atoms with Crippen LogP contribution in [0.3, 0.4) is 0 Å². The minimum Gasteiger partial charge on any atom is -0.473 e. The fraction of sp³-hybridized carbons (Fsp3) is 0.588. The van der Waals surface area contributed by atoms with Crippen LogP contribution in [0.5, 0.6) is 5.75 Å². The SMILES string of the molecule is Cc1cc(OCNC(=O)N2C(C)CCCC2C)cc(C)c1Cl. The first kappa shape index (κ1) is 16.9. The van der Waals surface area contributed by atoms with E-state index in [4.69, 9.17) is 16.3 Å². The van der Waals surface area contributed by atoms with Gasteiger partial charge in [-0.3, -0.25) is 0 Å². The summed E-state index contributed by atoms with van der Waals surface area (Å²) in [4.78, 5) is 14.2. The number of carbonyl (C=O) groups excluding carboxylic acids is 1. The Bertz CT molecular complexity index is 514. The summed E-state index contributed by atoms with van der Waals surface area (Å²) in [5.74, 6) is 0.722. The van der Waals surface area contributed by atoms with Crippen LogP contribution in [0.4, 0.5) is 4.79 Å². The predicted molar refractivity (Wildman–Crippen MR) is 89.6 cm³/mol. The second-order valence-corrected chi connectivity index (χ2v) is 6.56. The zero-order valence-corrected chi connectivity index (χ0v) is 14.5. The maximum atomic E-state index is 12.3. The second kappa shape index (κ2) is 7.23. The molecule has 0 saturated carbocycles. The number of carbonyl (C=O) groups is 1. The van der Waals surface area contributed by atoms with Crippen molar-refractivity contribution in [2.75, 3.05) is 6.73 Å². The maximum absolute atomic E-state index is 12.3. The van der Waals surface area contributed by atoms with Gasteiger partial charge in [0, 0.05) is 17.1 Å². The van der Waals surface area contributed by atoms with Crippen molar-refractivity contribution < 1.29 is 9.53 Å². The third kappa shape index (κ3) is 3.86. The van der Waals surface area contributed by atoms with Gasteiger partial charge in [0.15, 0.2) is 6.73 Å². The maximum Gasteiger partial charge on any atom is 0.320 e. The van der Waals surface area contributed by atoms with Gasteiger partial charge in [0.25, 0.3) is 0 Å². The average Bonchev–Trinajstić information content (AvgIpc) is 2.44. The summed E-state index contributed by atoms with van der Waals surface area (Å²) in [6.07, 6.45) is 3.31. The highest BCUT2D eigenvalue weighted by Gasteiger charge is 2.28. The number of hydrogen-bond donors (Lipinski definition) is 1. The van der Waals surface area contributed by atoms with Crippen LogP contribution < -0.4 is 10.1 Å². The number of piperidine rings is 1. The lowest BCUT2D eigenvalue weighted by molar-refractivity contribution is 0.117. The monoisotopic (exact) mass is 324 g/mol. The Hall–Kier alpha value is -1.42. The first-order valence-corrected chi connectivity index (χ1v) is 8.23. The Kier molecular flexibility index (Phi) is 5.57. The highest BCUT2D eigenvalue weighted by atomic mass is 35.5. The zero-order valence-electron chi connectivity index (χ0n) is 13.8. The lowest BCUT2D eigenvalue weighted by Crippen LogP contribution is -2.52. The van der Waals surface area contributed by atoms with E-state index < -0.39 is 0 Å². The fourth-order valence-electron chi connectivity index (χ4n) is 3.08. The third-order valence-corrected chi connectivity index (χ3v) is 4.90. The molecule has 4 nitrogen and oxygen atoms in total. The molecule has 2 amide bonds. The third-order valence-electron chi connectivity index (χ3n) is 4.30. The van der Waals surface area contributed by atoms with Gasteiger partial charge in [-0.05, 0) is 70.2 Å². The largest absolute Gasteiger partial charge is 0.473 e. The van der Waals surface area contributed by atoms with E-state index in [0.29, 0.717) is 0 Å². The van der Waals surface area contributed by atoms with Crippen LogP contribution >= 0.6 is 11.6 Å². The molecule has 0 radical (unpaired) electrons. The molecule has 1 fully saturated rings. The van der Waals surface area contributed by atoms with Gasteiger partial charge < -0.3 is 15.0 Å². The van der Waals surface area contributed by atoms with E-state index in [2.05, 4.69) is 19.2 Å². The summed E-state index contributed by atoms with van der Waals surface area (Å²) < 4.78 is 5.64. The molecule has 0 aromatic heterocycles. The summed E-state index contributed by atoms with van der Waals surface area (Å²) in [6.45, 7) is 8.25. The molecule has 1 heterocycles. The van der Waals surface area contributed by atoms with Crippen LogP contribution in [0.25, 0.3) is 0 Å². The number of ether oxygens (including phenoxy) is 1. The first-order chi connectivity index (χ1) is 10.4. The number of aryl methyl sites for hydroxylation is 2. The van der Waals surface area contributed by atoms with Crippen molar-refractivity contribution >= 4 is 17.6 Å². The molecule has 0 aliphatic carbocycles. The summed E-state index contributed by atoms with van der Waals surface area (Å²) in [7, 11) is 0. The molecule has 1 aromatic rings. The number of benzene rings is 1. The van der Waals surface area contributed by atoms with Crippen LogP contribution in [0, 0.1) is 13.8 Å². The number of likely N-dealkylation sites (tertiary alicyclic amines) is 1. The summed E-state index contributed by atoms with van der Waals surface area (Å²) in [5.41, 5.74) is 1.95. The van der Waals surface area contributed by atoms with Crippen molar-refractivity contribution in [3.05, 3.63) is 28.3 Å². The highest BCUT2D eigenvalue weighted by Crippen LogP contribution is 2.26. The molecular weight excluding hydrogens is 300 g/mol. The lowest BCUT2D eigenvalue weighted by Gasteiger charge is -2.38. The van der Waals surface area contributed by atoms with Gasteiger partial charge in [-0.15, -0.1) is 0 Å². The van der Waals surface area contributed by atoms with Gasteiger partial charge in [-0.25, -0.2) is 4.79 Å². The topological polar surface area (TPSA) is 41.6 Å². The van der Waals surface area contributed by atoms with Gasteiger partial charge in [0.1, 0.15) is 5.75 Å². The summed E-state index contributed by atoms with van der Waals surface area (Å²) in [6, 6.07) is 4.27. The predicted octanol–water partition coefficient (Wildman–Crippen LogP) is 4.27. The molecule has 1 saturated heterocycles. The van der Waals surface area contributed by atoms with E-state index in [0.717, 1.165) is 34.7 Å². The minimum atomic E-state index is -0.0536. The molecule has 2 rings (SSSR count). The van der Waals surface area contributed by atoms with Gasteiger partial charge >= 0.3 is 6.03 Å². The van der Waals surface area contributed by atoms with Gasteiger partial charge in [-0.1, -0.05) is 11.6 Å². The van der Waals surface area contributed by atoms with Gasteiger partial charge in [0.2, 0.25) is 0 Å². The zero-order chi connectivity index (χ0) is 16.3. The summed E-state index contributed by atoms with van der Waals surface area (Å²) in [5, 5.41) is 3.60. The Labute approximate surface area is 137 Å². The number of nitrogens with zero attached hydrogens (tertiary/aromatic N) is 1. The Balaban J connectivity index is 1.89. The smallest absolute Gasteiger partial charge is 0.320 e. The Morgan fingerprint density at radius 1 is 1.27 bits per heavy atom. The molecule has 122 valence electrons. The molecule has 1 aliphatic rings. The van der Waals surface area contributed by atoms with E-state index >= 15 is 0 Å². The lowest BCUT2D eigenvalue weighted by atomic mass is 9.98. The van der Waals surface area contributed by atoms with E-state index in [1.807, 2.05) is 30.9 Å². The molecule has 2 atom stereocenters. The van der Waals surface area contributed by atoms with Crippen molar-refractivity contribution in [2.24, 2.45) is 0 Å². The standard InChI is InChI=1S/C17H25ClN2O2/c1-11-8-15(9-12(2)16(11)18)22-10-19-17(21)20-13(3)6-5-7-14(20)4/h8-9,13-14H,5-7,10H2,1-4H3,(H,19,21).